The molecule has 0 aromatic heterocycles. The van der Waals surface area contributed by atoms with Crippen LogP contribution in [0.25, 0.3) is 0 Å². The standard InChI is InChI=1S/C15H21ClN2O/c1-17-8-2-9-18(12-11-17)10-7-15(19)13-3-5-14(16)6-4-13/h3-6H,2,7-12H2,1H3. The highest BCUT2D eigenvalue weighted by Gasteiger charge is 2.13. The van der Waals surface area contributed by atoms with E-state index in [4.69, 9.17) is 11.6 Å². The van der Waals surface area contributed by atoms with E-state index in [0.29, 0.717) is 11.4 Å². The van der Waals surface area contributed by atoms with Crippen molar-refractivity contribution in [2.75, 3.05) is 39.8 Å². The zero-order valence-corrected chi connectivity index (χ0v) is 12.2. The van der Waals surface area contributed by atoms with Crippen molar-refractivity contribution in [1.82, 2.24) is 9.80 Å². The summed E-state index contributed by atoms with van der Waals surface area (Å²) in [5, 5.41) is 0.673. The Kier molecular flexibility index (Phi) is 5.37. The number of carbonyl (C=O) groups is 1. The third-order valence-electron chi connectivity index (χ3n) is 3.63. The topological polar surface area (TPSA) is 23.6 Å². The van der Waals surface area contributed by atoms with Crippen molar-refractivity contribution in [3.8, 4) is 0 Å². The average molecular weight is 281 g/mol. The highest BCUT2D eigenvalue weighted by molar-refractivity contribution is 6.30. The van der Waals surface area contributed by atoms with Crippen molar-refractivity contribution in [2.45, 2.75) is 12.8 Å². The lowest BCUT2D eigenvalue weighted by Crippen LogP contribution is -2.30. The summed E-state index contributed by atoms with van der Waals surface area (Å²) in [5.74, 6) is 0.203. The van der Waals surface area contributed by atoms with E-state index in [1.54, 1.807) is 24.3 Å². The fourth-order valence-corrected chi connectivity index (χ4v) is 2.49. The minimum absolute atomic E-state index is 0.203. The van der Waals surface area contributed by atoms with Crippen LogP contribution < -0.4 is 0 Å². The van der Waals surface area contributed by atoms with E-state index in [-0.39, 0.29) is 5.78 Å². The second kappa shape index (κ2) is 7.04. The Morgan fingerprint density at radius 3 is 2.63 bits per heavy atom. The Morgan fingerprint density at radius 2 is 1.89 bits per heavy atom. The zero-order chi connectivity index (χ0) is 13.7. The molecule has 4 heteroatoms. The minimum Gasteiger partial charge on any atom is -0.305 e. The number of carbonyl (C=O) groups excluding carboxylic acids is 1. The number of likely N-dealkylation sites (N-methyl/N-ethyl adjacent to an activating group) is 1. The molecule has 0 unspecified atom stereocenters. The summed E-state index contributed by atoms with van der Waals surface area (Å²) in [6.07, 6.45) is 1.77. The molecule has 19 heavy (non-hydrogen) atoms. The molecule has 1 aromatic rings. The smallest absolute Gasteiger partial charge is 0.164 e. The molecule has 0 atom stereocenters. The summed E-state index contributed by atoms with van der Waals surface area (Å²) >= 11 is 5.82. The maximum absolute atomic E-state index is 12.1. The maximum atomic E-state index is 12.1. The van der Waals surface area contributed by atoms with Gasteiger partial charge in [-0.05, 0) is 50.8 Å². The molecule has 1 heterocycles. The van der Waals surface area contributed by atoms with Gasteiger partial charge in [-0.15, -0.1) is 0 Å². The van der Waals surface area contributed by atoms with Gasteiger partial charge in [-0.25, -0.2) is 0 Å². The van der Waals surface area contributed by atoms with E-state index >= 15 is 0 Å². The van der Waals surface area contributed by atoms with Gasteiger partial charge in [0.25, 0.3) is 0 Å². The van der Waals surface area contributed by atoms with Gasteiger partial charge in [0.15, 0.2) is 5.78 Å². The number of hydrogen-bond acceptors (Lipinski definition) is 3. The molecule has 0 aliphatic carbocycles. The molecule has 0 N–H and O–H groups in total. The first-order valence-corrected chi connectivity index (χ1v) is 7.22. The van der Waals surface area contributed by atoms with Crippen LogP contribution in [-0.4, -0.2) is 55.4 Å². The van der Waals surface area contributed by atoms with Crippen LogP contribution in [0.4, 0.5) is 0 Å². The summed E-state index contributed by atoms with van der Waals surface area (Å²) in [5.41, 5.74) is 0.760. The molecule has 0 saturated carbocycles. The lowest BCUT2D eigenvalue weighted by atomic mass is 10.1. The summed E-state index contributed by atoms with van der Waals surface area (Å²) in [7, 11) is 2.16. The summed E-state index contributed by atoms with van der Waals surface area (Å²) in [6, 6.07) is 7.16. The molecule has 0 radical (unpaired) electrons. The number of nitrogens with zero attached hydrogens (tertiary/aromatic N) is 2. The molecule has 1 aliphatic heterocycles. The molecule has 2 rings (SSSR count). The molecule has 1 saturated heterocycles. The lowest BCUT2D eigenvalue weighted by molar-refractivity contribution is 0.0965. The zero-order valence-electron chi connectivity index (χ0n) is 11.4. The largest absolute Gasteiger partial charge is 0.305 e. The Bertz CT molecular complexity index is 419. The predicted octanol–water partition coefficient (Wildman–Crippen LogP) is 2.55. The van der Waals surface area contributed by atoms with Crippen LogP contribution in [0.15, 0.2) is 24.3 Å². The quantitative estimate of drug-likeness (QED) is 0.792. The Hall–Kier alpha value is -0.900. The summed E-state index contributed by atoms with van der Waals surface area (Å²) in [6.45, 7) is 5.26. The monoisotopic (exact) mass is 280 g/mol. The number of rotatable bonds is 4. The van der Waals surface area contributed by atoms with Crippen LogP contribution in [0.1, 0.15) is 23.2 Å². The van der Waals surface area contributed by atoms with Crippen molar-refractivity contribution < 1.29 is 4.79 Å². The molecule has 0 amide bonds. The fraction of sp³-hybridized carbons (Fsp3) is 0.533. The van der Waals surface area contributed by atoms with Gasteiger partial charge in [0.05, 0.1) is 0 Å². The van der Waals surface area contributed by atoms with Gasteiger partial charge in [0.2, 0.25) is 0 Å². The van der Waals surface area contributed by atoms with Crippen molar-refractivity contribution in [2.24, 2.45) is 0 Å². The number of Topliss-reactive ketones (excluding diaryl/α,β-unsaturated/α-hetero) is 1. The van der Waals surface area contributed by atoms with E-state index in [1.165, 1.54) is 6.42 Å². The van der Waals surface area contributed by atoms with Gasteiger partial charge >= 0.3 is 0 Å². The third kappa shape index (κ3) is 4.60. The number of ketones is 1. The number of hydrogen-bond donors (Lipinski definition) is 0. The van der Waals surface area contributed by atoms with Crippen molar-refractivity contribution in [3.05, 3.63) is 34.9 Å². The second-order valence-electron chi connectivity index (χ2n) is 5.18. The van der Waals surface area contributed by atoms with Crippen LogP contribution in [0.2, 0.25) is 5.02 Å². The van der Waals surface area contributed by atoms with E-state index in [2.05, 4.69) is 16.8 Å². The molecular weight excluding hydrogens is 260 g/mol. The van der Waals surface area contributed by atoms with E-state index in [1.807, 2.05) is 0 Å². The van der Waals surface area contributed by atoms with E-state index in [0.717, 1.165) is 38.3 Å². The van der Waals surface area contributed by atoms with Crippen LogP contribution in [0.3, 0.4) is 0 Å². The maximum Gasteiger partial charge on any atom is 0.164 e. The van der Waals surface area contributed by atoms with Gasteiger partial charge in [-0.3, -0.25) is 4.79 Å². The fourth-order valence-electron chi connectivity index (χ4n) is 2.36. The van der Waals surface area contributed by atoms with Gasteiger partial charge in [-0.1, -0.05) is 11.6 Å². The van der Waals surface area contributed by atoms with E-state index < -0.39 is 0 Å². The lowest BCUT2D eigenvalue weighted by Gasteiger charge is -2.19. The van der Waals surface area contributed by atoms with Crippen molar-refractivity contribution >= 4 is 17.4 Å². The Labute approximate surface area is 120 Å². The molecule has 1 aliphatic rings. The first-order valence-electron chi connectivity index (χ1n) is 6.85. The molecule has 0 bridgehead atoms. The average Bonchev–Trinajstić information content (AvgIpc) is 2.61. The summed E-state index contributed by atoms with van der Waals surface area (Å²) < 4.78 is 0. The Balaban J connectivity index is 1.81. The first kappa shape index (κ1) is 14.5. The van der Waals surface area contributed by atoms with E-state index in [9.17, 15) is 4.79 Å². The third-order valence-corrected chi connectivity index (χ3v) is 3.89. The minimum atomic E-state index is 0.203. The first-order chi connectivity index (χ1) is 9.15. The van der Waals surface area contributed by atoms with Gasteiger partial charge < -0.3 is 9.80 Å². The van der Waals surface area contributed by atoms with Gasteiger partial charge in [0.1, 0.15) is 0 Å². The normalized spacial score (nSPS) is 18.2. The molecular formula is C15H21ClN2O. The molecule has 104 valence electrons. The molecule has 3 nitrogen and oxygen atoms in total. The second-order valence-corrected chi connectivity index (χ2v) is 5.61. The van der Waals surface area contributed by atoms with Crippen LogP contribution in [-0.2, 0) is 0 Å². The summed E-state index contributed by atoms with van der Waals surface area (Å²) in [4.78, 5) is 16.8. The van der Waals surface area contributed by atoms with Crippen LogP contribution in [0, 0.1) is 0 Å². The molecule has 0 spiro atoms. The van der Waals surface area contributed by atoms with Gasteiger partial charge in [0, 0.05) is 36.6 Å². The predicted molar refractivity (Wildman–Crippen MR) is 79.0 cm³/mol. The SMILES string of the molecule is CN1CCCN(CCC(=O)c2ccc(Cl)cc2)CC1. The van der Waals surface area contributed by atoms with Crippen molar-refractivity contribution in [1.29, 1.82) is 0 Å². The highest BCUT2D eigenvalue weighted by atomic mass is 35.5. The van der Waals surface area contributed by atoms with Crippen LogP contribution in [0.5, 0.6) is 0 Å². The highest BCUT2D eigenvalue weighted by Crippen LogP contribution is 2.12. The number of benzene rings is 1. The molecule has 1 fully saturated rings. The Morgan fingerprint density at radius 1 is 1.16 bits per heavy atom. The molecule has 1 aromatic carbocycles. The van der Waals surface area contributed by atoms with Gasteiger partial charge in [-0.2, -0.15) is 0 Å². The van der Waals surface area contributed by atoms with Crippen molar-refractivity contribution in [3.63, 3.8) is 0 Å². The van der Waals surface area contributed by atoms with Crippen LogP contribution >= 0.6 is 11.6 Å². The number of halogens is 1.